The van der Waals surface area contributed by atoms with Gasteiger partial charge < -0.3 is 9.47 Å². The van der Waals surface area contributed by atoms with Gasteiger partial charge in [0.25, 0.3) is 17.9 Å². The lowest BCUT2D eigenvalue weighted by molar-refractivity contribution is 0.0459. The van der Waals surface area contributed by atoms with E-state index in [1.165, 1.54) is 9.13 Å². The number of carbonyl (C=O) groups excluding carboxylic acids is 1. The Morgan fingerprint density at radius 2 is 1.64 bits per heavy atom. The fourth-order valence-corrected chi connectivity index (χ4v) is 4.51. The van der Waals surface area contributed by atoms with Crippen molar-refractivity contribution in [2.24, 2.45) is 7.05 Å². The number of alkyl halides is 2. The van der Waals surface area contributed by atoms with E-state index in [1.807, 2.05) is 25.1 Å². The molecule has 1 amide bonds. The van der Waals surface area contributed by atoms with Crippen molar-refractivity contribution in [3.05, 3.63) is 62.1 Å². The molecule has 1 aromatic carbocycles. The maximum Gasteiger partial charge on any atom is 0.332 e. The third kappa shape index (κ3) is 4.88. The van der Waals surface area contributed by atoms with Gasteiger partial charge in [-0.2, -0.15) is 0 Å². The molecule has 3 heterocycles. The van der Waals surface area contributed by atoms with E-state index in [-0.39, 0.29) is 30.2 Å². The number of benzene rings is 1. The van der Waals surface area contributed by atoms with Crippen molar-refractivity contribution >= 4 is 29.2 Å². The first kappa shape index (κ1) is 25.5. The zero-order valence-electron chi connectivity index (χ0n) is 20.7. The molecular weight excluding hydrogens is 470 g/mol. The Morgan fingerprint density at radius 3 is 2.22 bits per heavy atom. The van der Waals surface area contributed by atoms with Crippen LogP contribution >= 0.6 is 0 Å². The first-order valence-electron chi connectivity index (χ1n) is 12.0. The van der Waals surface area contributed by atoms with E-state index >= 15 is 0 Å². The van der Waals surface area contributed by atoms with Gasteiger partial charge in [-0.3, -0.25) is 23.6 Å². The van der Waals surface area contributed by atoms with E-state index in [2.05, 4.69) is 4.98 Å². The summed E-state index contributed by atoms with van der Waals surface area (Å²) in [6.45, 7) is 5.71. The second-order valence-electron chi connectivity index (χ2n) is 8.72. The number of fused-ring (bicyclic) bond motifs is 1. The number of nitrogens with zero attached hydrogens (tertiary/aromatic N) is 6. The van der Waals surface area contributed by atoms with Crippen LogP contribution < -0.4 is 11.2 Å². The van der Waals surface area contributed by atoms with Gasteiger partial charge in [0, 0.05) is 51.9 Å². The first-order valence-corrected chi connectivity index (χ1v) is 12.0. The number of imidazole rings is 1. The predicted molar refractivity (Wildman–Crippen MR) is 134 cm³/mol. The molecule has 0 N–H and O–H groups in total. The molecule has 1 fully saturated rings. The topological polar surface area (TPSA) is 85.4 Å². The highest BCUT2D eigenvalue weighted by Crippen LogP contribution is 2.15. The van der Waals surface area contributed by atoms with Gasteiger partial charge in [0.2, 0.25) is 0 Å². The maximum absolute atomic E-state index is 12.8. The van der Waals surface area contributed by atoms with Crippen LogP contribution in [0.3, 0.4) is 0 Å². The van der Waals surface area contributed by atoms with Gasteiger partial charge in [-0.05, 0) is 37.6 Å². The Morgan fingerprint density at radius 1 is 1.00 bits per heavy atom. The lowest BCUT2D eigenvalue weighted by Gasteiger charge is -2.34. The average molecular weight is 501 g/mol. The van der Waals surface area contributed by atoms with Gasteiger partial charge >= 0.3 is 5.69 Å². The highest BCUT2D eigenvalue weighted by atomic mass is 19.3. The Hall–Kier alpha value is -3.60. The van der Waals surface area contributed by atoms with Gasteiger partial charge in [-0.25, -0.2) is 18.6 Å². The van der Waals surface area contributed by atoms with Crippen LogP contribution in [0, 0.1) is 0 Å². The highest BCUT2D eigenvalue weighted by Gasteiger charge is 2.23. The summed E-state index contributed by atoms with van der Waals surface area (Å²) < 4.78 is 29.5. The van der Waals surface area contributed by atoms with Crippen molar-refractivity contribution < 1.29 is 13.6 Å². The SMILES string of the molecule is CCn1c(=O)c2c(nc(/C=C/c3ccc(C(=O)N4CCN(CC(F)F)CC4)cc3)n2C)n(CC)c1=O. The third-order valence-electron chi connectivity index (χ3n) is 6.55. The molecule has 1 aliphatic rings. The molecule has 0 aliphatic carbocycles. The second kappa shape index (κ2) is 10.6. The van der Waals surface area contributed by atoms with Gasteiger partial charge in [0.1, 0.15) is 5.82 Å². The van der Waals surface area contributed by atoms with Crippen LogP contribution in [-0.4, -0.2) is 73.5 Å². The van der Waals surface area contributed by atoms with Crippen molar-refractivity contribution in [3.8, 4) is 0 Å². The van der Waals surface area contributed by atoms with Gasteiger partial charge in [0.05, 0.1) is 6.54 Å². The molecule has 4 rings (SSSR count). The summed E-state index contributed by atoms with van der Waals surface area (Å²) in [7, 11) is 1.74. The predicted octanol–water partition coefficient (Wildman–Crippen LogP) is 2.13. The Kier molecular flexibility index (Phi) is 7.48. The number of piperazine rings is 1. The van der Waals surface area contributed by atoms with Crippen LogP contribution in [0.25, 0.3) is 23.3 Å². The quantitative estimate of drug-likeness (QED) is 0.496. The van der Waals surface area contributed by atoms with Crippen LogP contribution in [0.4, 0.5) is 8.78 Å². The number of carbonyl (C=O) groups is 1. The van der Waals surface area contributed by atoms with Crippen molar-refractivity contribution in [1.29, 1.82) is 0 Å². The largest absolute Gasteiger partial charge is 0.336 e. The minimum atomic E-state index is -2.37. The highest BCUT2D eigenvalue weighted by molar-refractivity contribution is 5.94. The van der Waals surface area contributed by atoms with Gasteiger partial charge in [-0.15, -0.1) is 0 Å². The Balaban J connectivity index is 1.51. The van der Waals surface area contributed by atoms with E-state index < -0.39 is 6.43 Å². The normalized spacial score (nSPS) is 15.0. The summed E-state index contributed by atoms with van der Waals surface area (Å²) in [5, 5.41) is 0. The number of aryl methyl sites for hydroxylation is 2. The standard InChI is InChI=1S/C25H30F2N6O3/c1-4-32-22-21(24(35)33(5-2)25(32)36)29(3)20(28-22)11-8-17-6-9-18(10-7-17)23(34)31-14-12-30(13-15-31)16-19(26)27/h6-11,19H,4-5,12-16H2,1-3H3/b11-8+. The van der Waals surface area contributed by atoms with Crippen molar-refractivity contribution in [2.75, 3.05) is 32.7 Å². The molecule has 0 atom stereocenters. The fraction of sp³-hybridized carbons (Fsp3) is 0.440. The maximum atomic E-state index is 12.8. The van der Waals surface area contributed by atoms with Crippen LogP contribution in [0.1, 0.15) is 35.6 Å². The van der Waals surface area contributed by atoms with Gasteiger partial charge in [-0.1, -0.05) is 18.2 Å². The molecular formula is C25H30F2N6O3. The smallest absolute Gasteiger partial charge is 0.332 e. The minimum absolute atomic E-state index is 0.123. The molecule has 3 aromatic rings. The van der Waals surface area contributed by atoms with E-state index in [4.69, 9.17) is 0 Å². The molecule has 0 bridgehead atoms. The Labute approximate surface area is 206 Å². The molecule has 2 aromatic heterocycles. The summed E-state index contributed by atoms with van der Waals surface area (Å²) in [5.41, 5.74) is 1.35. The number of halogens is 2. The van der Waals surface area contributed by atoms with E-state index in [1.54, 1.807) is 46.5 Å². The van der Waals surface area contributed by atoms with Crippen LogP contribution in [0.2, 0.25) is 0 Å². The molecule has 0 unspecified atom stereocenters. The molecule has 1 saturated heterocycles. The van der Waals surface area contributed by atoms with E-state index in [0.29, 0.717) is 55.3 Å². The van der Waals surface area contributed by atoms with Crippen LogP contribution in [-0.2, 0) is 20.1 Å². The van der Waals surface area contributed by atoms with E-state index in [0.717, 1.165) is 5.56 Å². The minimum Gasteiger partial charge on any atom is -0.336 e. The average Bonchev–Trinajstić information content (AvgIpc) is 3.19. The summed E-state index contributed by atoms with van der Waals surface area (Å²) >= 11 is 0. The number of rotatable bonds is 7. The summed E-state index contributed by atoms with van der Waals surface area (Å²) in [6.07, 6.45) is 1.22. The van der Waals surface area contributed by atoms with E-state index in [9.17, 15) is 23.2 Å². The Bertz CT molecular complexity index is 1400. The lowest BCUT2D eigenvalue weighted by atomic mass is 10.1. The zero-order chi connectivity index (χ0) is 26.0. The summed E-state index contributed by atoms with van der Waals surface area (Å²) in [5.74, 6) is 0.404. The molecule has 9 nitrogen and oxygen atoms in total. The molecule has 0 spiro atoms. The fourth-order valence-electron chi connectivity index (χ4n) is 4.51. The van der Waals surface area contributed by atoms with Gasteiger partial charge in [0.15, 0.2) is 11.2 Å². The summed E-state index contributed by atoms with van der Waals surface area (Å²) in [6, 6.07) is 7.09. The second-order valence-corrected chi connectivity index (χ2v) is 8.72. The zero-order valence-corrected chi connectivity index (χ0v) is 20.7. The van der Waals surface area contributed by atoms with Crippen molar-refractivity contribution in [1.82, 2.24) is 28.5 Å². The monoisotopic (exact) mass is 500 g/mol. The molecule has 11 heteroatoms. The molecule has 0 saturated carbocycles. The van der Waals surface area contributed by atoms with Crippen LogP contribution in [0.15, 0.2) is 33.9 Å². The molecule has 192 valence electrons. The van der Waals surface area contributed by atoms with Crippen molar-refractivity contribution in [2.45, 2.75) is 33.4 Å². The molecule has 0 radical (unpaired) electrons. The van der Waals surface area contributed by atoms with Crippen molar-refractivity contribution in [3.63, 3.8) is 0 Å². The number of amides is 1. The third-order valence-corrected chi connectivity index (χ3v) is 6.55. The lowest BCUT2D eigenvalue weighted by Crippen LogP contribution is -2.49. The number of aromatic nitrogens is 4. The number of hydrogen-bond donors (Lipinski definition) is 0. The molecule has 36 heavy (non-hydrogen) atoms. The van der Waals surface area contributed by atoms with Crippen LogP contribution in [0.5, 0.6) is 0 Å². The summed E-state index contributed by atoms with van der Waals surface area (Å²) in [4.78, 5) is 46.2. The first-order chi connectivity index (χ1) is 17.2. The molecule has 1 aliphatic heterocycles. The number of hydrogen-bond acceptors (Lipinski definition) is 5.